The number of hydrogen-bond donors (Lipinski definition) is 3. The molecule has 4 N–H and O–H groups in total. The molecule has 4 nitrogen and oxygen atoms in total. The maximum atomic E-state index is 8.83. The highest BCUT2D eigenvalue weighted by atomic mass is 32.2. The Hall–Kier alpha value is -2.14. The van der Waals surface area contributed by atoms with Crippen molar-refractivity contribution in [3.63, 3.8) is 0 Å². The second-order valence-corrected chi connectivity index (χ2v) is 5.45. The molecule has 0 aliphatic heterocycles. The molecule has 1 unspecified atom stereocenters. The number of nitrogens with one attached hydrogen (secondary N) is 1. The van der Waals surface area contributed by atoms with Gasteiger partial charge in [0.25, 0.3) is 0 Å². The van der Waals surface area contributed by atoms with Crippen LogP contribution in [0.5, 0.6) is 0 Å². The molecule has 0 spiro atoms. The maximum Gasteiger partial charge on any atom is 0.141 e. The second-order valence-electron chi connectivity index (χ2n) is 4.60. The fraction of sp³-hybridized carbons (Fsp3) is 0.188. The van der Waals surface area contributed by atoms with E-state index in [2.05, 4.69) is 16.5 Å². The Balaban J connectivity index is 2.28. The molecular weight excluding hydrogens is 282 g/mol. The van der Waals surface area contributed by atoms with E-state index in [0.29, 0.717) is 6.42 Å². The van der Waals surface area contributed by atoms with Crippen LogP contribution in [-0.4, -0.2) is 17.3 Å². The highest BCUT2D eigenvalue weighted by Crippen LogP contribution is 2.29. The first-order valence-corrected chi connectivity index (χ1v) is 7.88. The van der Waals surface area contributed by atoms with Gasteiger partial charge in [0, 0.05) is 17.0 Å². The van der Waals surface area contributed by atoms with Crippen molar-refractivity contribution in [3.05, 3.63) is 60.2 Å². The van der Waals surface area contributed by atoms with Gasteiger partial charge in [0.05, 0.1) is 6.04 Å². The molecular formula is C16H19N3OS. The molecule has 2 rings (SSSR count). The fourth-order valence-corrected chi connectivity index (χ4v) is 2.70. The van der Waals surface area contributed by atoms with Gasteiger partial charge in [0.15, 0.2) is 0 Å². The van der Waals surface area contributed by atoms with Gasteiger partial charge in [0.2, 0.25) is 0 Å². The van der Waals surface area contributed by atoms with Crippen molar-refractivity contribution in [1.82, 2.24) is 0 Å². The maximum absolute atomic E-state index is 8.83. The van der Waals surface area contributed by atoms with E-state index in [-0.39, 0.29) is 11.9 Å². The average Bonchev–Trinajstić information content (AvgIpc) is 2.55. The van der Waals surface area contributed by atoms with Crippen LogP contribution in [0.15, 0.2) is 64.6 Å². The summed E-state index contributed by atoms with van der Waals surface area (Å²) in [5.74, 6) is 0.206. The largest absolute Gasteiger partial charge is 0.409 e. The van der Waals surface area contributed by atoms with Crippen LogP contribution in [0.2, 0.25) is 0 Å². The van der Waals surface area contributed by atoms with E-state index in [1.165, 1.54) is 0 Å². The molecule has 0 radical (unpaired) electrons. The quantitative estimate of drug-likeness (QED) is 0.250. The molecule has 1 atom stereocenters. The van der Waals surface area contributed by atoms with E-state index < -0.39 is 0 Å². The fourth-order valence-electron chi connectivity index (χ4n) is 2.14. The summed E-state index contributed by atoms with van der Waals surface area (Å²) in [6.07, 6.45) is 2.48. The van der Waals surface area contributed by atoms with Gasteiger partial charge in [-0.15, -0.1) is 11.8 Å². The summed E-state index contributed by atoms with van der Waals surface area (Å²) in [7, 11) is 0. The summed E-state index contributed by atoms with van der Waals surface area (Å²) < 4.78 is 0. The van der Waals surface area contributed by atoms with Crippen LogP contribution >= 0.6 is 11.8 Å². The Morgan fingerprint density at radius 2 is 1.86 bits per heavy atom. The van der Waals surface area contributed by atoms with Crippen molar-refractivity contribution in [2.24, 2.45) is 10.9 Å². The Bertz CT molecular complexity index is 601. The van der Waals surface area contributed by atoms with Crippen molar-refractivity contribution in [3.8, 4) is 0 Å². The molecule has 0 heterocycles. The number of benzene rings is 2. The molecule has 2 aromatic rings. The summed E-state index contributed by atoms with van der Waals surface area (Å²) in [6, 6.07) is 18.1. The molecule has 0 aromatic heterocycles. The van der Waals surface area contributed by atoms with Gasteiger partial charge in [0.1, 0.15) is 5.84 Å². The van der Waals surface area contributed by atoms with Crippen LogP contribution in [-0.2, 0) is 0 Å². The minimum Gasteiger partial charge on any atom is -0.409 e. The summed E-state index contributed by atoms with van der Waals surface area (Å²) in [4.78, 5) is 1.16. The zero-order valence-electron chi connectivity index (χ0n) is 11.9. The molecule has 21 heavy (non-hydrogen) atoms. The number of amidine groups is 1. The predicted molar refractivity (Wildman–Crippen MR) is 89.1 cm³/mol. The van der Waals surface area contributed by atoms with Crippen LogP contribution in [0.4, 0.5) is 5.69 Å². The first-order valence-electron chi connectivity index (χ1n) is 6.65. The first-order chi connectivity index (χ1) is 10.2. The standard InChI is InChI=1S/C16H19N3OS/c1-21-15-10-6-5-9-13(15)18-14(11-16(17)19-20)12-7-3-2-4-8-12/h2-10,14,18,20H,11H2,1H3,(H2,17,19). The Morgan fingerprint density at radius 1 is 1.19 bits per heavy atom. The molecule has 0 fully saturated rings. The first kappa shape index (κ1) is 15.3. The Labute approximate surface area is 129 Å². The lowest BCUT2D eigenvalue weighted by Crippen LogP contribution is -2.21. The topological polar surface area (TPSA) is 70.6 Å². The van der Waals surface area contributed by atoms with Gasteiger partial charge in [-0.05, 0) is 24.0 Å². The monoisotopic (exact) mass is 301 g/mol. The molecule has 2 aromatic carbocycles. The third-order valence-corrected chi connectivity index (χ3v) is 3.98. The number of thioether (sulfide) groups is 1. The van der Waals surface area contributed by atoms with Crippen LogP contribution in [0.3, 0.4) is 0 Å². The molecule has 110 valence electrons. The Morgan fingerprint density at radius 3 is 2.52 bits per heavy atom. The van der Waals surface area contributed by atoms with Gasteiger partial charge in [-0.25, -0.2) is 0 Å². The van der Waals surface area contributed by atoms with Gasteiger partial charge in [-0.2, -0.15) is 0 Å². The normalized spacial score (nSPS) is 12.9. The molecule has 0 saturated heterocycles. The van der Waals surface area contributed by atoms with E-state index >= 15 is 0 Å². The number of para-hydroxylation sites is 1. The number of nitrogens with two attached hydrogens (primary N) is 1. The van der Waals surface area contributed by atoms with Crippen LogP contribution in [0.1, 0.15) is 18.0 Å². The number of hydrogen-bond acceptors (Lipinski definition) is 4. The van der Waals surface area contributed by atoms with Gasteiger partial charge in [-0.3, -0.25) is 0 Å². The molecule has 5 heteroatoms. The number of anilines is 1. The molecule has 0 saturated carbocycles. The van der Waals surface area contributed by atoms with Crippen molar-refractivity contribution < 1.29 is 5.21 Å². The third kappa shape index (κ3) is 4.16. The number of rotatable bonds is 6. The van der Waals surface area contributed by atoms with Gasteiger partial charge in [-0.1, -0.05) is 47.6 Å². The van der Waals surface area contributed by atoms with Crippen molar-refractivity contribution in [1.29, 1.82) is 0 Å². The number of oxime groups is 1. The minimum absolute atomic E-state index is 0.0459. The van der Waals surface area contributed by atoms with Crippen LogP contribution in [0.25, 0.3) is 0 Å². The summed E-state index contributed by atoms with van der Waals surface area (Å²) in [6.45, 7) is 0. The zero-order valence-corrected chi connectivity index (χ0v) is 12.7. The highest BCUT2D eigenvalue weighted by molar-refractivity contribution is 7.98. The summed E-state index contributed by atoms with van der Waals surface area (Å²) >= 11 is 1.68. The molecule has 0 aliphatic rings. The van der Waals surface area contributed by atoms with Crippen molar-refractivity contribution >= 4 is 23.3 Å². The lowest BCUT2D eigenvalue weighted by Gasteiger charge is -2.21. The van der Waals surface area contributed by atoms with E-state index in [4.69, 9.17) is 10.9 Å². The van der Waals surface area contributed by atoms with E-state index in [0.717, 1.165) is 16.1 Å². The summed E-state index contributed by atoms with van der Waals surface area (Å²) in [5, 5.41) is 15.4. The van der Waals surface area contributed by atoms with Crippen LogP contribution < -0.4 is 11.1 Å². The highest BCUT2D eigenvalue weighted by Gasteiger charge is 2.14. The number of nitrogens with zero attached hydrogens (tertiary/aromatic N) is 1. The van der Waals surface area contributed by atoms with E-state index in [1.54, 1.807) is 11.8 Å². The van der Waals surface area contributed by atoms with E-state index in [9.17, 15) is 0 Å². The van der Waals surface area contributed by atoms with Crippen molar-refractivity contribution in [2.45, 2.75) is 17.4 Å². The Kier molecular flexibility index (Phi) is 5.51. The lowest BCUT2D eigenvalue weighted by atomic mass is 10.0. The zero-order chi connectivity index (χ0) is 15.1. The van der Waals surface area contributed by atoms with Gasteiger partial charge < -0.3 is 16.3 Å². The third-order valence-electron chi connectivity index (χ3n) is 3.18. The van der Waals surface area contributed by atoms with Crippen LogP contribution in [0, 0.1) is 0 Å². The smallest absolute Gasteiger partial charge is 0.141 e. The van der Waals surface area contributed by atoms with Gasteiger partial charge >= 0.3 is 0 Å². The predicted octanol–water partition coefficient (Wildman–Crippen LogP) is 3.70. The summed E-state index contributed by atoms with van der Waals surface area (Å²) in [5.41, 5.74) is 7.83. The average molecular weight is 301 g/mol. The van der Waals surface area contributed by atoms with Crippen molar-refractivity contribution in [2.75, 3.05) is 11.6 Å². The molecule has 0 amide bonds. The molecule has 0 aliphatic carbocycles. The SMILES string of the molecule is CSc1ccccc1NC(C/C(N)=N/O)c1ccccc1. The molecule has 0 bridgehead atoms. The lowest BCUT2D eigenvalue weighted by molar-refractivity contribution is 0.316. The minimum atomic E-state index is -0.0459. The second kappa shape index (κ2) is 7.59. The van der Waals surface area contributed by atoms with E-state index in [1.807, 2.05) is 54.8 Å².